The van der Waals surface area contributed by atoms with E-state index in [1.165, 1.54) is 0 Å². The number of carbonyl (C=O) groups excluding carboxylic acids is 2. The van der Waals surface area contributed by atoms with Gasteiger partial charge in [-0.1, -0.05) is 60.7 Å². The molecule has 0 amide bonds. The molecule has 4 atom stereocenters. The number of nitrogens with zero attached hydrogens (tertiary/aromatic N) is 2. The van der Waals surface area contributed by atoms with Crippen LogP contribution in [0, 0.1) is 16.7 Å². The summed E-state index contributed by atoms with van der Waals surface area (Å²) in [6.45, 7) is 6.35. The molecule has 2 aliphatic rings. The Hall–Kier alpha value is -4.57. The highest BCUT2D eigenvalue weighted by atomic mass is 16.5. The van der Waals surface area contributed by atoms with E-state index >= 15 is 0 Å². The van der Waals surface area contributed by atoms with E-state index in [4.69, 9.17) is 14.2 Å². The molecule has 2 heterocycles. The Kier molecular flexibility index (Phi) is 7.61. The quantitative estimate of drug-likeness (QED) is 0.252. The summed E-state index contributed by atoms with van der Waals surface area (Å²) in [6, 6.07) is 22.8. The maximum absolute atomic E-state index is 14.6. The van der Waals surface area contributed by atoms with Gasteiger partial charge >= 0.3 is 5.97 Å². The van der Waals surface area contributed by atoms with Crippen molar-refractivity contribution >= 4 is 23.5 Å². The molecule has 1 fully saturated rings. The first-order chi connectivity index (χ1) is 19.5. The normalized spacial score (nSPS) is 22.6. The summed E-state index contributed by atoms with van der Waals surface area (Å²) in [4.78, 5) is 30.5. The van der Waals surface area contributed by atoms with E-state index in [0.29, 0.717) is 35.8 Å². The van der Waals surface area contributed by atoms with E-state index in [9.17, 15) is 14.9 Å². The molecule has 0 radical (unpaired) electrons. The lowest BCUT2D eigenvalue weighted by atomic mass is 9.67. The minimum Gasteiger partial charge on any atom is -0.494 e. The zero-order valence-electron chi connectivity index (χ0n) is 22.9. The number of para-hydroxylation sites is 1. The molecule has 7 heteroatoms. The molecule has 0 spiro atoms. The van der Waals surface area contributed by atoms with Crippen LogP contribution in [0.2, 0.25) is 0 Å². The molecule has 0 aromatic heterocycles. The standard InChI is InChI=1S/C33H32N2O5/c1-4-38-24-17-18-27(39-5-2)25(20-24)29-30(31(36)23-13-8-7-9-14-23)35-26-15-11-10-12-22(26)16-19-28(35)33(29,21-34)32(37)40-6-3/h7-20,28-30H,4-6H2,1-3H3/t28?,29-,30+,33+/m0/s1. The number of esters is 1. The number of benzene rings is 3. The monoisotopic (exact) mass is 536 g/mol. The van der Waals surface area contributed by atoms with Gasteiger partial charge in [-0.2, -0.15) is 5.26 Å². The molecule has 3 aromatic carbocycles. The lowest BCUT2D eigenvalue weighted by Crippen LogP contribution is -2.47. The van der Waals surface area contributed by atoms with E-state index in [1.54, 1.807) is 37.3 Å². The number of Topliss-reactive ketones (excluding diaryl/α,β-unsaturated/α-hetero) is 1. The van der Waals surface area contributed by atoms with Crippen LogP contribution in [0.1, 0.15) is 48.2 Å². The van der Waals surface area contributed by atoms with Crippen LogP contribution in [-0.2, 0) is 9.53 Å². The third-order valence-electron chi connectivity index (χ3n) is 7.60. The second-order valence-electron chi connectivity index (χ2n) is 9.69. The van der Waals surface area contributed by atoms with Crippen molar-refractivity contribution in [2.75, 3.05) is 24.7 Å². The summed E-state index contributed by atoms with van der Waals surface area (Å²) in [6.07, 6.45) is 3.76. The van der Waals surface area contributed by atoms with Crippen molar-refractivity contribution in [3.63, 3.8) is 0 Å². The molecule has 3 aromatic rings. The molecule has 204 valence electrons. The number of hydrogen-bond acceptors (Lipinski definition) is 7. The van der Waals surface area contributed by atoms with Crippen LogP contribution in [0.4, 0.5) is 5.69 Å². The third kappa shape index (κ3) is 4.30. The minimum absolute atomic E-state index is 0.0939. The average Bonchev–Trinajstić information content (AvgIpc) is 3.30. The minimum atomic E-state index is -1.76. The summed E-state index contributed by atoms with van der Waals surface area (Å²) >= 11 is 0. The van der Waals surface area contributed by atoms with Gasteiger partial charge in [0.25, 0.3) is 0 Å². The maximum Gasteiger partial charge on any atom is 0.329 e. The molecule has 2 aliphatic heterocycles. The molecule has 7 nitrogen and oxygen atoms in total. The molecule has 40 heavy (non-hydrogen) atoms. The van der Waals surface area contributed by atoms with Crippen LogP contribution in [0.5, 0.6) is 11.5 Å². The van der Waals surface area contributed by atoms with Gasteiger partial charge in [-0.3, -0.25) is 9.59 Å². The molecule has 0 bridgehead atoms. The number of carbonyl (C=O) groups is 2. The van der Waals surface area contributed by atoms with E-state index in [1.807, 2.05) is 73.4 Å². The van der Waals surface area contributed by atoms with E-state index < -0.39 is 29.4 Å². The van der Waals surface area contributed by atoms with Gasteiger partial charge in [0.05, 0.1) is 31.9 Å². The molecule has 1 saturated heterocycles. The van der Waals surface area contributed by atoms with Crippen molar-refractivity contribution in [3.8, 4) is 17.6 Å². The van der Waals surface area contributed by atoms with Gasteiger partial charge < -0.3 is 19.1 Å². The highest BCUT2D eigenvalue weighted by Gasteiger charge is 2.68. The van der Waals surface area contributed by atoms with Gasteiger partial charge in [-0.05, 0) is 50.6 Å². The van der Waals surface area contributed by atoms with Gasteiger partial charge in [-0.25, -0.2) is 0 Å². The van der Waals surface area contributed by atoms with Crippen molar-refractivity contribution in [1.82, 2.24) is 0 Å². The molecular formula is C33H32N2O5. The van der Waals surface area contributed by atoms with Crippen LogP contribution in [0.3, 0.4) is 0 Å². The smallest absolute Gasteiger partial charge is 0.329 e. The lowest BCUT2D eigenvalue weighted by Gasteiger charge is -2.36. The first-order valence-electron chi connectivity index (χ1n) is 13.6. The topological polar surface area (TPSA) is 88.9 Å². The highest BCUT2D eigenvalue weighted by Crippen LogP contribution is 2.58. The summed E-state index contributed by atoms with van der Waals surface area (Å²) in [5.74, 6) is -0.765. The second-order valence-corrected chi connectivity index (χ2v) is 9.69. The SMILES string of the molecule is CCOC(=O)[C@]1(C#N)C2C=Cc3ccccc3N2[C@@H](C(=O)c2ccccc2)[C@@H]1c1cc(OCC)ccc1OCC. The number of hydrogen-bond donors (Lipinski definition) is 0. The summed E-state index contributed by atoms with van der Waals surface area (Å²) in [5, 5.41) is 11.0. The van der Waals surface area contributed by atoms with Crippen LogP contribution in [-0.4, -0.2) is 43.7 Å². The number of fused-ring (bicyclic) bond motifs is 3. The molecule has 0 N–H and O–H groups in total. The Balaban J connectivity index is 1.85. The second kappa shape index (κ2) is 11.3. The van der Waals surface area contributed by atoms with Crippen molar-refractivity contribution < 1.29 is 23.8 Å². The van der Waals surface area contributed by atoms with Crippen molar-refractivity contribution in [1.29, 1.82) is 5.26 Å². The van der Waals surface area contributed by atoms with E-state index in [-0.39, 0.29) is 12.4 Å². The molecular weight excluding hydrogens is 504 g/mol. The Labute approximate surface area is 234 Å². The van der Waals surface area contributed by atoms with Gasteiger partial charge in [0, 0.05) is 22.7 Å². The molecule has 0 aliphatic carbocycles. The summed E-state index contributed by atoms with van der Waals surface area (Å²) < 4.78 is 17.5. The number of ether oxygens (including phenoxy) is 3. The number of rotatable bonds is 9. The average molecular weight is 537 g/mol. The zero-order valence-corrected chi connectivity index (χ0v) is 22.9. The summed E-state index contributed by atoms with van der Waals surface area (Å²) in [7, 11) is 0. The fourth-order valence-corrected chi connectivity index (χ4v) is 6.05. The lowest BCUT2D eigenvalue weighted by molar-refractivity contribution is -0.152. The van der Waals surface area contributed by atoms with Gasteiger partial charge in [0.1, 0.15) is 17.5 Å². The molecule has 0 saturated carbocycles. The predicted molar refractivity (Wildman–Crippen MR) is 153 cm³/mol. The van der Waals surface area contributed by atoms with Gasteiger partial charge in [-0.15, -0.1) is 0 Å². The fraction of sp³-hybridized carbons (Fsp3) is 0.303. The van der Waals surface area contributed by atoms with Crippen LogP contribution < -0.4 is 14.4 Å². The number of ketones is 1. The Morgan fingerprint density at radius 3 is 2.35 bits per heavy atom. The Morgan fingerprint density at radius 1 is 0.925 bits per heavy atom. The molecule has 1 unspecified atom stereocenters. The Bertz CT molecular complexity index is 1480. The highest BCUT2D eigenvalue weighted by molar-refractivity contribution is 6.06. The van der Waals surface area contributed by atoms with E-state index in [0.717, 1.165) is 11.3 Å². The van der Waals surface area contributed by atoms with Crippen LogP contribution in [0.25, 0.3) is 6.08 Å². The fourth-order valence-electron chi connectivity index (χ4n) is 6.05. The molecule has 5 rings (SSSR count). The maximum atomic E-state index is 14.6. The summed E-state index contributed by atoms with van der Waals surface area (Å²) in [5.41, 5.74) is 0.951. The zero-order chi connectivity index (χ0) is 28.3. The van der Waals surface area contributed by atoms with Crippen molar-refractivity contribution in [3.05, 3.63) is 95.6 Å². The van der Waals surface area contributed by atoms with Gasteiger partial charge in [0.15, 0.2) is 11.2 Å². The van der Waals surface area contributed by atoms with E-state index in [2.05, 4.69) is 6.07 Å². The van der Waals surface area contributed by atoms with Gasteiger partial charge in [0.2, 0.25) is 0 Å². The Morgan fingerprint density at radius 2 is 1.65 bits per heavy atom. The predicted octanol–water partition coefficient (Wildman–Crippen LogP) is 5.81. The first-order valence-corrected chi connectivity index (χ1v) is 13.6. The largest absolute Gasteiger partial charge is 0.494 e. The third-order valence-corrected chi connectivity index (χ3v) is 7.60. The number of nitriles is 1. The van der Waals surface area contributed by atoms with Crippen LogP contribution >= 0.6 is 0 Å². The van der Waals surface area contributed by atoms with Crippen molar-refractivity contribution in [2.45, 2.75) is 38.8 Å². The van der Waals surface area contributed by atoms with Crippen molar-refractivity contribution in [2.24, 2.45) is 5.41 Å². The first kappa shape index (κ1) is 27.0. The van der Waals surface area contributed by atoms with Crippen LogP contribution in [0.15, 0.2) is 78.9 Å². The number of anilines is 1.